The minimum absolute atomic E-state index is 0.122. The average Bonchev–Trinajstić information content (AvgIpc) is 2.54. The van der Waals surface area contributed by atoms with Crippen molar-refractivity contribution in [3.8, 4) is 11.5 Å². The summed E-state index contributed by atoms with van der Waals surface area (Å²) >= 11 is 0. The molecule has 0 amide bonds. The Bertz CT molecular complexity index is 742. The average molecular weight is 321 g/mol. The van der Waals surface area contributed by atoms with E-state index >= 15 is 0 Å². The fourth-order valence-electron chi connectivity index (χ4n) is 2.11. The molecule has 1 N–H and O–H groups in total. The van der Waals surface area contributed by atoms with Crippen molar-refractivity contribution >= 4 is 10.0 Å². The number of nitrogens with one attached hydrogen (secondary N) is 1. The lowest BCUT2D eigenvalue weighted by molar-refractivity contribution is 0.396. The van der Waals surface area contributed by atoms with Gasteiger partial charge in [0.15, 0.2) is 0 Å². The number of sulfonamides is 1. The molecule has 0 fully saturated rings. The first-order valence-corrected chi connectivity index (χ1v) is 8.22. The van der Waals surface area contributed by atoms with Crippen LogP contribution in [-0.4, -0.2) is 22.6 Å². The molecule has 0 aliphatic rings. The molecule has 118 valence electrons. The molecule has 0 radical (unpaired) electrons. The third-order valence-corrected chi connectivity index (χ3v) is 4.72. The van der Waals surface area contributed by atoms with Crippen LogP contribution < -0.4 is 14.2 Å². The number of aryl methyl sites for hydroxylation is 1. The SMILES string of the molecule is COc1cc(CNS(=O)(=O)c2ccccc2)c(OC)cc1C. The van der Waals surface area contributed by atoms with Gasteiger partial charge < -0.3 is 9.47 Å². The fraction of sp³-hybridized carbons (Fsp3) is 0.250. The highest BCUT2D eigenvalue weighted by Crippen LogP contribution is 2.28. The molecule has 0 atom stereocenters. The van der Waals surface area contributed by atoms with E-state index in [4.69, 9.17) is 9.47 Å². The fourth-order valence-corrected chi connectivity index (χ4v) is 3.14. The quantitative estimate of drug-likeness (QED) is 0.888. The minimum atomic E-state index is -3.56. The van der Waals surface area contributed by atoms with Crippen molar-refractivity contribution in [1.82, 2.24) is 4.72 Å². The first-order valence-electron chi connectivity index (χ1n) is 6.74. The number of rotatable bonds is 6. The second-order valence-corrected chi connectivity index (χ2v) is 6.54. The maximum Gasteiger partial charge on any atom is 0.240 e. The van der Waals surface area contributed by atoms with Crippen LogP contribution in [0, 0.1) is 6.92 Å². The molecule has 0 saturated carbocycles. The molecule has 0 aromatic heterocycles. The number of ether oxygens (including phenoxy) is 2. The maximum absolute atomic E-state index is 12.2. The number of hydrogen-bond donors (Lipinski definition) is 1. The van der Waals surface area contributed by atoms with Gasteiger partial charge in [0.1, 0.15) is 11.5 Å². The molecule has 0 aliphatic heterocycles. The summed E-state index contributed by atoms with van der Waals surface area (Å²) in [4.78, 5) is 0.230. The van der Waals surface area contributed by atoms with Crippen molar-refractivity contribution in [3.63, 3.8) is 0 Å². The Hall–Kier alpha value is -2.05. The van der Waals surface area contributed by atoms with Crippen molar-refractivity contribution in [1.29, 1.82) is 0 Å². The Kier molecular flexibility index (Phi) is 5.05. The van der Waals surface area contributed by atoms with Crippen LogP contribution in [-0.2, 0) is 16.6 Å². The molecule has 0 aliphatic carbocycles. The van der Waals surface area contributed by atoms with Gasteiger partial charge in [0, 0.05) is 12.1 Å². The van der Waals surface area contributed by atoms with Crippen molar-refractivity contribution in [2.75, 3.05) is 14.2 Å². The van der Waals surface area contributed by atoms with Crippen LogP contribution in [0.2, 0.25) is 0 Å². The van der Waals surface area contributed by atoms with Gasteiger partial charge in [-0.2, -0.15) is 0 Å². The lowest BCUT2D eigenvalue weighted by atomic mass is 10.1. The van der Waals surface area contributed by atoms with Crippen LogP contribution in [0.5, 0.6) is 11.5 Å². The predicted molar refractivity (Wildman–Crippen MR) is 84.8 cm³/mol. The summed E-state index contributed by atoms with van der Waals surface area (Å²) in [5, 5.41) is 0. The first kappa shape index (κ1) is 16.3. The molecule has 0 saturated heterocycles. The summed E-state index contributed by atoms with van der Waals surface area (Å²) < 4.78 is 37.6. The van der Waals surface area contributed by atoms with E-state index < -0.39 is 10.0 Å². The second kappa shape index (κ2) is 6.81. The maximum atomic E-state index is 12.2. The van der Waals surface area contributed by atoms with Gasteiger partial charge in [0.05, 0.1) is 19.1 Å². The highest BCUT2D eigenvalue weighted by molar-refractivity contribution is 7.89. The molecular formula is C16H19NO4S. The summed E-state index contributed by atoms with van der Waals surface area (Å²) in [5.74, 6) is 1.31. The first-order chi connectivity index (χ1) is 10.5. The van der Waals surface area contributed by atoms with E-state index in [0.29, 0.717) is 17.1 Å². The Morgan fingerprint density at radius 2 is 1.64 bits per heavy atom. The van der Waals surface area contributed by atoms with Crippen molar-refractivity contribution in [2.24, 2.45) is 0 Å². The van der Waals surface area contributed by atoms with Gasteiger partial charge in [-0.3, -0.25) is 0 Å². The summed E-state index contributed by atoms with van der Waals surface area (Å²) in [7, 11) is -0.431. The zero-order valence-corrected chi connectivity index (χ0v) is 13.6. The molecule has 0 heterocycles. The Morgan fingerprint density at radius 3 is 2.23 bits per heavy atom. The normalized spacial score (nSPS) is 11.2. The topological polar surface area (TPSA) is 64.6 Å². The molecular weight excluding hydrogens is 302 g/mol. The standard InChI is InChI=1S/C16H19NO4S/c1-12-9-16(21-3)13(10-15(12)20-2)11-17-22(18,19)14-7-5-4-6-8-14/h4-10,17H,11H2,1-3H3. The summed E-state index contributed by atoms with van der Waals surface area (Å²) in [6.07, 6.45) is 0. The van der Waals surface area contributed by atoms with Crippen molar-refractivity contribution in [2.45, 2.75) is 18.4 Å². The minimum Gasteiger partial charge on any atom is -0.496 e. The molecule has 22 heavy (non-hydrogen) atoms. The van der Waals surface area contributed by atoms with Crippen LogP contribution in [0.3, 0.4) is 0 Å². The van der Waals surface area contributed by atoms with Gasteiger partial charge in [-0.15, -0.1) is 0 Å². The van der Waals surface area contributed by atoms with Crippen LogP contribution >= 0.6 is 0 Å². The van der Waals surface area contributed by atoms with E-state index in [9.17, 15) is 8.42 Å². The lowest BCUT2D eigenvalue weighted by Crippen LogP contribution is -2.23. The van der Waals surface area contributed by atoms with Crippen molar-refractivity contribution in [3.05, 3.63) is 53.6 Å². The Balaban J connectivity index is 2.24. The zero-order valence-electron chi connectivity index (χ0n) is 12.8. The number of hydrogen-bond acceptors (Lipinski definition) is 4. The molecule has 2 aromatic carbocycles. The highest BCUT2D eigenvalue weighted by atomic mass is 32.2. The smallest absolute Gasteiger partial charge is 0.240 e. The van der Waals surface area contributed by atoms with Crippen LogP contribution in [0.4, 0.5) is 0 Å². The number of methoxy groups -OCH3 is 2. The molecule has 6 heteroatoms. The van der Waals surface area contributed by atoms with Gasteiger partial charge in [0.25, 0.3) is 0 Å². The van der Waals surface area contributed by atoms with Gasteiger partial charge >= 0.3 is 0 Å². The van der Waals surface area contributed by atoms with E-state index in [1.807, 2.05) is 13.0 Å². The lowest BCUT2D eigenvalue weighted by Gasteiger charge is -2.14. The molecule has 0 unspecified atom stereocenters. The number of benzene rings is 2. The Morgan fingerprint density at radius 1 is 1.00 bits per heavy atom. The zero-order chi connectivity index (χ0) is 16.2. The van der Waals surface area contributed by atoms with Crippen LogP contribution in [0.1, 0.15) is 11.1 Å². The van der Waals surface area contributed by atoms with E-state index in [0.717, 1.165) is 5.56 Å². The molecule has 2 aromatic rings. The monoisotopic (exact) mass is 321 g/mol. The van der Waals surface area contributed by atoms with E-state index in [1.165, 1.54) is 0 Å². The molecule has 2 rings (SSSR count). The Labute approximate surface area is 130 Å². The van der Waals surface area contributed by atoms with Gasteiger partial charge in [-0.25, -0.2) is 13.1 Å². The second-order valence-electron chi connectivity index (χ2n) is 4.77. The molecule has 5 nitrogen and oxygen atoms in total. The van der Waals surface area contributed by atoms with Gasteiger partial charge in [0.2, 0.25) is 10.0 Å². The highest BCUT2D eigenvalue weighted by Gasteiger charge is 2.15. The summed E-state index contributed by atoms with van der Waals surface area (Å²) in [6, 6.07) is 11.8. The summed E-state index contributed by atoms with van der Waals surface area (Å²) in [5.41, 5.74) is 1.64. The van der Waals surface area contributed by atoms with E-state index in [-0.39, 0.29) is 11.4 Å². The van der Waals surface area contributed by atoms with Gasteiger partial charge in [-0.05, 0) is 36.8 Å². The van der Waals surface area contributed by atoms with Crippen LogP contribution in [0.25, 0.3) is 0 Å². The largest absolute Gasteiger partial charge is 0.496 e. The third kappa shape index (κ3) is 3.58. The molecule has 0 spiro atoms. The third-order valence-electron chi connectivity index (χ3n) is 3.30. The van der Waals surface area contributed by atoms with Crippen LogP contribution in [0.15, 0.2) is 47.4 Å². The molecule has 0 bridgehead atoms. The van der Waals surface area contributed by atoms with E-state index in [1.54, 1.807) is 50.6 Å². The van der Waals surface area contributed by atoms with E-state index in [2.05, 4.69) is 4.72 Å². The van der Waals surface area contributed by atoms with Gasteiger partial charge in [-0.1, -0.05) is 18.2 Å². The summed E-state index contributed by atoms with van der Waals surface area (Å²) in [6.45, 7) is 2.02. The predicted octanol–water partition coefficient (Wildman–Crippen LogP) is 2.49. The van der Waals surface area contributed by atoms with Crippen molar-refractivity contribution < 1.29 is 17.9 Å².